The fourth-order valence-electron chi connectivity index (χ4n) is 2.03. The van der Waals surface area contributed by atoms with Gasteiger partial charge in [-0.2, -0.15) is 8.78 Å². The Labute approximate surface area is 141 Å². The number of hydrogen-bond donors (Lipinski definition) is 1. The monoisotopic (exact) mass is 363 g/mol. The topological polar surface area (TPSA) is 51.6 Å². The van der Waals surface area contributed by atoms with Crippen molar-refractivity contribution in [2.24, 2.45) is 0 Å². The fourth-order valence-corrected chi connectivity index (χ4v) is 2.55. The average Bonchev–Trinajstić information content (AvgIpc) is 2.50. The van der Waals surface area contributed by atoms with Gasteiger partial charge >= 0.3 is 6.61 Å². The van der Waals surface area contributed by atoms with Gasteiger partial charge in [0.1, 0.15) is 0 Å². The van der Waals surface area contributed by atoms with E-state index in [-0.39, 0.29) is 17.9 Å². The number of hydrogen-bond acceptors (Lipinski definition) is 4. The van der Waals surface area contributed by atoms with E-state index in [9.17, 15) is 13.9 Å². The van der Waals surface area contributed by atoms with E-state index in [0.29, 0.717) is 21.2 Å². The number of aromatic nitrogens is 1. The van der Waals surface area contributed by atoms with Crippen molar-refractivity contribution >= 4 is 23.2 Å². The van der Waals surface area contributed by atoms with Crippen molar-refractivity contribution in [3.63, 3.8) is 0 Å². The summed E-state index contributed by atoms with van der Waals surface area (Å²) in [6, 6.07) is 4.19. The van der Waals surface area contributed by atoms with Gasteiger partial charge in [0.2, 0.25) is 0 Å². The number of methoxy groups -OCH3 is 1. The second kappa shape index (κ2) is 7.77. The summed E-state index contributed by atoms with van der Waals surface area (Å²) >= 11 is 12.0. The molecule has 0 radical (unpaired) electrons. The molecule has 124 valence electrons. The van der Waals surface area contributed by atoms with Gasteiger partial charge in [0.05, 0.1) is 23.3 Å². The van der Waals surface area contributed by atoms with E-state index in [1.54, 1.807) is 0 Å². The maximum Gasteiger partial charge on any atom is 0.387 e. The van der Waals surface area contributed by atoms with Crippen molar-refractivity contribution in [1.29, 1.82) is 0 Å². The predicted octanol–water partition coefficient (Wildman–Crippen LogP) is 4.27. The fraction of sp³-hybridized carbons (Fsp3) is 0.267. The van der Waals surface area contributed by atoms with Crippen LogP contribution in [-0.4, -0.2) is 23.8 Å². The Morgan fingerprint density at radius 2 is 1.83 bits per heavy atom. The lowest BCUT2D eigenvalue weighted by Gasteiger charge is -2.16. The number of pyridine rings is 1. The third-order valence-corrected chi connectivity index (χ3v) is 3.79. The molecule has 0 saturated carbocycles. The van der Waals surface area contributed by atoms with Crippen LogP contribution in [0.2, 0.25) is 10.0 Å². The first-order valence-corrected chi connectivity index (χ1v) is 7.26. The molecule has 1 heterocycles. The molecule has 0 aliphatic carbocycles. The lowest BCUT2D eigenvalue weighted by atomic mass is 10.0. The van der Waals surface area contributed by atoms with Crippen molar-refractivity contribution in [3.8, 4) is 11.5 Å². The normalized spacial score (nSPS) is 12.3. The SMILES string of the molecule is COc1cc(C(O)Cc2c(Cl)cncc2Cl)ccc1OC(F)F. The maximum absolute atomic E-state index is 12.3. The molecule has 1 unspecified atom stereocenters. The first kappa shape index (κ1) is 17.7. The summed E-state index contributed by atoms with van der Waals surface area (Å²) in [6.45, 7) is -2.96. The molecule has 0 spiro atoms. The van der Waals surface area contributed by atoms with Crippen molar-refractivity contribution < 1.29 is 23.4 Å². The van der Waals surface area contributed by atoms with Crippen LogP contribution in [-0.2, 0) is 6.42 Å². The molecule has 1 N–H and O–H groups in total. The molecule has 0 fully saturated rings. The van der Waals surface area contributed by atoms with Crippen molar-refractivity contribution in [2.75, 3.05) is 7.11 Å². The number of ether oxygens (including phenoxy) is 2. The Morgan fingerprint density at radius 3 is 2.39 bits per heavy atom. The van der Waals surface area contributed by atoms with Crippen molar-refractivity contribution in [2.45, 2.75) is 19.1 Å². The van der Waals surface area contributed by atoms with E-state index in [1.807, 2.05) is 0 Å². The zero-order valence-corrected chi connectivity index (χ0v) is 13.5. The number of rotatable bonds is 6. The Morgan fingerprint density at radius 1 is 1.17 bits per heavy atom. The Bertz CT molecular complexity index is 666. The van der Waals surface area contributed by atoms with Crippen LogP contribution >= 0.6 is 23.2 Å². The molecule has 2 aromatic rings. The van der Waals surface area contributed by atoms with Crippen LogP contribution in [0.5, 0.6) is 11.5 Å². The molecular weight excluding hydrogens is 351 g/mol. The molecule has 1 aromatic heterocycles. The molecule has 1 aromatic carbocycles. The summed E-state index contributed by atoms with van der Waals surface area (Å²) in [7, 11) is 1.32. The Balaban J connectivity index is 2.24. The number of benzene rings is 1. The minimum absolute atomic E-state index is 0.0915. The van der Waals surface area contributed by atoms with Gasteiger partial charge in [-0.3, -0.25) is 4.98 Å². The summed E-state index contributed by atoms with van der Waals surface area (Å²) in [6.07, 6.45) is 2.03. The van der Waals surface area contributed by atoms with Gasteiger partial charge in [-0.25, -0.2) is 0 Å². The van der Waals surface area contributed by atoms with Crippen LogP contribution in [0, 0.1) is 0 Å². The Hall–Kier alpha value is -1.63. The highest BCUT2D eigenvalue weighted by Gasteiger charge is 2.17. The van der Waals surface area contributed by atoms with Gasteiger partial charge in [0.25, 0.3) is 0 Å². The van der Waals surface area contributed by atoms with E-state index in [1.165, 1.54) is 37.7 Å². The predicted molar refractivity (Wildman–Crippen MR) is 82.5 cm³/mol. The zero-order valence-electron chi connectivity index (χ0n) is 12.0. The molecule has 23 heavy (non-hydrogen) atoms. The third kappa shape index (κ3) is 4.43. The van der Waals surface area contributed by atoms with Gasteiger partial charge in [-0.1, -0.05) is 29.3 Å². The number of alkyl halides is 2. The molecule has 0 aliphatic rings. The summed E-state index contributed by atoms with van der Waals surface area (Å²) < 4.78 is 34.0. The molecule has 0 aliphatic heterocycles. The molecule has 0 amide bonds. The van der Waals surface area contributed by atoms with Crippen LogP contribution in [0.1, 0.15) is 17.2 Å². The largest absolute Gasteiger partial charge is 0.493 e. The lowest BCUT2D eigenvalue weighted by Crippen LogP contribution is -2.06. The van der Waals surface area contributed by atoms with Gasteiger partial charge in [0, 0.05) is 18.8 Å². The van der Waals surface area contributed by atoms with Gasteiger partial charge in [-0.15, -0.1) is 0 Å². The number of halogens is 4. The maximum atomic E-state index is 12.3. The average molecular weight is 364 g/mol. The van der Waals surface area contributed by atoms with Gasteiger partial charge in [0.15, 0.2) is 11.5 Å². The molecule has 0 saturated heterocycles. The van der Waals surface area contributed by atoms with E-state index < -0.39 is 12.7 Å². The standard InChI is InChI=1S/C15H13Cl2F2NO3/c1-22-14-4-8(2-3-13(14)23-15(18)19)12(21)5-9-10(16)6-20-7-11(9)17/h2-4,6-7,12,15,21H,5H2,1H3. The molecule has 0 bridgehead atoms. The molecule has 2 rings (SSSR count). The Kier molecular flexibility index (Phi) is 5.98. The summed E-state index contributed by atoms with van der Waals surface area (Å²) in [5.74, 6) is -0.0211. The molecular formula is C15H13Cl2F2NO3. The van der Waals surface area contributed by atoms with E-state index in [0.717, 1.165) is 0 Å². The second-order valence-electron chi connectivity index (χ2n) is 4.59. The van der Waals surface area contributed by atoms with Crippen LogP contribution in [0.25, 0.3) is 0 Å². The van der Waals surface area contributed by atoms with Crippen molar-refractivity contribution in [3.05, 3.63) is 51.8 Å². The highest BCUT2D eigenvalue weighted by atomic mass is 35.5. The van der Waals surface area contributed by atoms with Crippen LogP contribution in [0.3, 0.4) is 0 Å². The van der Waals surface area contributed by atoms with Crippen LogP contribution in [0.4, 0.5) is 8.78 Å². The first-order chi connectivity index (χ1) is 10.9. The minimum Gasteiger partial charge on any atom is -0.493 e. The quantitative estimate of drug-likeness (QED) is 0.832. The van der Waals surface area contributed by atoms with Crippen molar-refractivity contribution in [1.82, 2.24) is 4.98 Å². The van der Waals surface area contributed by atoms with Crippen LogP contribution < -0.4 is 9.47 Å². The summed E-state index contributed by atoms with van der Waals surface area (Å²) in [5, 5.41) is 11.0. The number of aliphatic hydroxyl groups is 1. The van der Waals surface area contributed by atoms with Gasteiger partial charge < -0.3 is 14.6 Å². The number of aliphatic hydroxyl groups excluding tert-OH is 1. The summed E-state index contributed by atoms with van der Waals surface area (Å²) in [4.78, 5) is 3.84. The number of nitrogens with zero attached hydrogens (tertiary/aromatic N) is 1. The highest BCUT2D eigenvalue weighted by Crippen LogP contribution is 2.34. The lowest BCUT2D eigenvalue weighted by molar-refractivity contribution is -0.0512. The highest BCUT2D eigenvalue weighted by molar-refractivity contribution is 6.35. The molecule has 4 nitrogen and oxygen atoms in total. The smallest absolute Gasteiger partial charge is 0.387 e. The molecule has 1 atom stereocenters. The minimum atomic E-state index is -2.96. The summed E-state index contributed by atoms with van der Waals surface area (Å²) in [5.41, 5.74) is 0.995. The van der Waals surface area contributed by atoms with Gasteiger partial charge in [-0.05, 0) is 23.3 Å². The van der Waals surface area contributed by atoms with E-state index in [4.69, 9.17) is 27.9 Å². The second-order valence-corrected chi connectivity index (χ2v) is 5.40. The van der Waals surface area contributed by atoms with E-state index in [2.05, 4.69) is 9.72 Å². The van der Waals surface area contributed by atoms with Crippen LogP contribution in [0.15, 0.2) is 30.6 Å². The van der Waals surface area contributed by atoms with E-state index >= 15 is 0 Å². The zero-order chi connectivity index (χ0) is 17.0. The first-order valence-electron chi connectivity index (χ1n) is 6.51. The third-order valence-electron chi connectivity index (χ3n) is 3.14. The molecule has 8 heteroatoms.